The van der Waals surface area contributed by atoms with Crippen LogP contribution in [0, 0.1) is 0 Å². The molecule has 0 saturated heterocycles. The first kappa shape index (κ1) is 12.2. The largest absolute Gasteiger partial charge is 0.343 e. The van der Waals surface area contributed by atoms with Crippen LogP contribution in [0.1, 0.15) is 26.7 Å². The van der Waals surface area contributed by atoms with E-state index in [4.69, 9.17) is 11.6 Å². The van der Waals surface area contributed by atoms with Crippen LogP contribution in [0.3, 0.4) is 0 Å². The van der Waals surface area contributed by atoms with Gasteiger partial charge in [0.1, 0.15) is 10.7 Å². The summed E-state index contributed by atoms with van der Waals surface area (Å²) in [5, 5.41) is 0.490. The Morgan fingerprint density at radius 2 is 2.12 bits per heavy atom. The van der Waals surface area contributed by atoms with Gasteiger partial charge in [-0.25, -0.2) is 9.97 Å². The van der Waals surface area contributed by atoms with E-state index >= 15 is 0 Å². The van der Waals surface area contributed by atoms with Crippen molar-refractivity contribution in [2.75, 3.05) is 18.0 Å². The minimum atomic E-state index is 0.490. The van der Waals surface area contributed by atoms with Crippen molar-refractivity contribution < 1.29 is 0 Å². The third-order valence-corrected chi connectivity index (χ3v) is 2.97. The molecular formula is C12H17ClN4. The second-order valence-electron chi connectivity index (χ2n) is 4.00. The van der Waals surface area contributed by atoms with Gasteiger partial charge in [-0.2, -0.15) is 0 Å². The number of imidazole rings is 1. The summed E-state index contributed by atoms with van der Waals surface area (Å²) < 4.78 is 0. The molecule has 0 aromatic carbocycles. The van der Waals surface area contributed by atoms with Gasteiger partial charge in [-0.3, -0.25) is 0 Å². The first-order valence-electron chi connectivity index (χ1n) is 6.01. The van der Waals surface area contributed by atoms with Crippen molar-refractivity contribution in [3.8, 4) is 0 Å². The molecule has 0 aliphatic rings. The van der Waals surface area contributed by atoms with Gasteiger partial charge < -0.3 is 9.88 Å². The van der Waals surface area contributed by atoms with Gasteiger partial charge in [0, 0.05) is 13.1 Å². The molecule has 17 heavy (non-hydrogen) atoms. The van der Waals surface area contributed by atoms with Crippen LogP contribution in [0.5, 0.6) is 0 Å². The highest BCUT2D eigenvalue weighted by molar-refractivity contribution is 6.29. The summed E-state index contributed by atoms with van der Waals surface area (Å²) in [5.41, 5.74) is 1.61. The van der Waals surface area contributed by atoms with E-state index in [0.717, 1.165) is 30.2 Å². The molecule has 2 aromatic heterocycles. The van der Waals surface area contributed by atoms with Crippen LogP contribution in [-0.2, 0) is 0 Å². The fourth-order valence-corrected chi connectivity index (χ4v) is 1.92. The van der Waals surface area contributed by atoms with Crippen LogP contribution in [-0.4, -0.2) is 28.0 Å². The Hall–Kier alpha value is -1.29. The molecule has 1 N–H and O–H groups in total. The second kappa shape index (κ2) is 5.36. The Morgan fingerprint density at radius 1 is 1.29 bits per heavy atom. The molecule has 2 rings (SSSR count). The molecule has 0 aliphatic carbocycles. The van der Waals surface area contributed by atoms with E-state index in [1.165, 1.54) is 12.8 Å². The number of nitrogens with zero attached hydrogens (tertiary/aromatic N) is 3. The smallest absolute Gasteiger partial charge is 0.205 e. The molecule has 0 amide bonds. The van der Waals surface area contributed by atoms with Crippen LogP contribution >= 0.6 is 11.6 Å². The van der Waals surface area contributed by atoms with Gasteiger partial charge >= 0.3 is 0 Å². The minimum Gasteiger partial charge on any atom is -0.343 e. The van der Waals surface area contributed by atoms with Gasteiger partial charge in [0.2, 0.25) is 5.95 Å². The zero-order chi connectivity index (χ0) is 12.3. The summed E-state index contributed by atoms with van der Waals surface area (Å²) in [6.45, 7) is 6.27. The van der Waals surface area contributed by atoms with Crippen molar-refractivity contribution in [2.45, 2.75) is 26.7 Å². The van der Waals surface area contributed by atoms with Crippen LogP contribution in [0.15, 0.2) is 12.1 Å². The zero-order valence-corrected chi connectivity index (χ0v) is 11.0. The number of pyridine rings is 1. The van der Waals surface area contributed by atoms with Crippen LogP contribution in [0.2, 0.25) is 5.15 Å². The van der Waals surface area contributed by atoms with Gasteiger partial charge in [0.25, 0.3) is 0 Å². The third kappa shape index (κ3) is 2.69. The lowest BCUT2D eigenvalue weighted by molar-refractivity contribution is 0.719. The van der Waals surface area contributed by atoms with Crippen LogP contribution < -0.4 is 4.90 Å². The maximum Gasteiger partial charge on any atom is 0.205 e. The molecule has 2 heterocycles. The normalized spacial score (nSPS) is 11.0. The third-order valence-electron chi connectivity index (χ3n) is 2.76. The molecule has 0 atom stereocenters. The lowest BCUT2D eigenvalue weighted by atomic mass is 10.3. The molecule has 0 spiro atoms. The van der Waals surface area contributed by atoms with E-state index in [0.29, 0.717) is 5.15 Å². The molecular weight excluding hydrogens is 236 g/mol. The number of hydrogen-bond acceptors (Lipinski definition) is 3. The molecule has 0 saturated carbocycles. The highest BCUT2D eigenvalue weighted by Crippen LogP contribution is 2.18. The van der Waals surface area contributed by atoms with Crippen molar-refractivity contribution in [1.82, 2.24) is 15.0 Å². The first-order valence-corrected chi connectivity index (χ1v) is 6.39. The van der Waals surface area contributed by atoms with Crippen molar-refractivity contribution in [3.05, 3.63) is 17.3 Å². The van der Waals surface area contributed by atoms with E-state index in [2.05, 4.69) is 33.7 Å². The number of nitrogens with one attached hydrogen (secondary N) is 1. The fraction of sp³-hybridized carbons (Fsp3) is 0.500. The van der Waals surface area contributed by atoms with Gasteiger partial charge in [0.05, 0.1) is 0 Å². The summed E-state index contributed by atoms with van der Waals surface area (Å²) in [6, 6.07) is 3.65. The van der Waals surface area contributed by atoms with Crippen molar-refractivity contribution in [1.29, 1.82) is 0 Å². The van der Waals surface area contributed by atoms with Gasteiger partial charge in [-0.1, -0.05) is 24.9 Å². The molecule has 0 fully saturated rings. The summed E-state index contributed by atoms with van der Waals surface area (Å²) in [6.07, 6.45) is 2.35. The quantitative estimate of drug-likeness (QED) is 0.831. The highest BCUT2D eigenvalue weighted by atomic mass is 35.5. The highest BCUT2D eigenvalue weighted by Gasteiger charge is 2.10. The molecule has 0 unspecified atom stereocenters. The number of H-pyrrole nitrogens is 1. The molecule has 5 heteroatoms. The maximum absolute atomic E-state index is 5.85. The summed E-state index contributed by atoms with van der Waals surface area (Å²) >= 11 is 5.85. The molecule has 0 radical (unpaired) electrons. The molecule has 92 valence electrons. The summed E-state index contributed by atoms with van der Waals surface area (Å²) in [5.74, 6) is 0.880. The van der Waals surface area contributed by atoms with E-state index in [1.54, 1.807) is 6.07 Å². The van der Waals surface area contributed by atoms with E-state index in [-0.39, 0.29) is 0 Å². The average Bonchev–Trinajstić information content (AvgIpc) is 2.72. The molecule has 4 nitrogen and oxygen atoms in total. The Bertz CT molecular complexity index is 494. The number of unbranched alkanes of at least 4 members (excludes halogenated alkanes) is 1. The van der Waals surface area contributed by atoms with E-state index < -0.39 is 0 Å². The predicted molar refractivity (Wildman–Crippen MR) is 71.7 cm³/mol. The number of halogens is 1. The fourth-order valence-electron chi connectivity index (χ4n) is 1.77. The number of aromatic amines is 1. The Balaban J connectivity index is 2.27. The van der Waals surface area contributed by atoms with E-state index in [9.17, 15) is 0 Å². The molecule has 0 aliphatic heterocycles. The Labute approximate surface area is 106 Å². The monoisotopic (exact) mass is 252 g/mol. The zero-order valence-electron chi connectivity index (χ0n) is 10.2. The average molecular weight is 253 g/mol. The number of fused-ring (bicyclic) bond motifs is 1. The maximum atomic E-state index is 5.85. The lowest BCUT2D eigenvalue weighted by Crippen LogP contribution is -2.24. The Kier molecular flexibility index (Phi) is 3.84. The SMILES string of the molecule is CCCCN(CC)c1nc2ccc(Cl)nc2[nH]1. The number of hydrogen-bond donors (Lipinski definition) is 1. The van der Waals surface area contributed by atoms with Crippen molar-refractivity contribution >= 4 is 28.7 Å². The topological polar surface area (TPSA) is 44.8 Å². The predicted octanol–water partition coefficient (Wildman–Crippen LogP) is 3.24. The van der Waals surface area contributed by atoms with Crippen molar-refractivity contribution in [3.63, 3.8) is 0 Å². The molecule has 0 bridgehead atoms. The van der Waals surface area contributed by atoms with E-state index in [1.807, 2.05) is 6.07 Å². The van der Waals surface area contributed by atoms with Gasteiger partial charge in [-0.15, -0.1) is 0 Å². The number of anilines is 1. The lowest BCUT2D eigenvalue weighted by Gasteiger charge is -2.18. The second-order valence-corrected chi connectivity index (χ2v) is 4.38. The minimum absolute atomic E-state index is 0.490. The Morgan fingerprint density at radius 3 is 2.82 bits per heavy atom. The summed E-state index contributed by atoms with van der Waals surface area (Å²) in [4.78, 5) is 14.2. The van der Waals surface area contributed by atoms with Crippen molar-refractivity contribution in [2.24, 2.45) is 0 Å². The van der Waals surface area contributed by atoms with Crippen LogP contribution in [0.4, 0.5) is 5.95 Å². The van der Waals surface area contributed by atoms with Gasteiger partial charge in [0.15, 0.2) is 5.65 Å². The number of rotatable bonds is 5. The molecule has 2 aromatic rings. The number of aromatic nitrogens is 3. The summed E-state index contributed by atoms with van der Waals surface area (Å²) in [7, 11) is 0. The standard InChI is InChI=1S/C12H17ClN4/c1-3-5-8-17(4-2)12-14-9-6-7-10(13)15-11(9)16-12/h6-7H,3-5,8H2,1-2H3,(H,14,15,16). The first-order chi connectivity index (χ1) is 8.24. The van der Waals surface area contributed by atoms with Crippen LogP contribution in [0.25, 0.3) is 11.2 Å². The van der Waals surface area contributed by atoms with Gasteiger partial charge in [-0.05, 0) is 25.5 Å².